The van der Waals surface area contributed by atoms with E-state index in [0.29, 0.717) is 6.04 Å². The van der Waals surface area contributed by atoms with Crippen LogP contribution >= 0.6 is 0 Å². The molecule has 1 aliphatic heterocycles. The molecule has 2 fully saturated rings. The van der Waals surface area contributed by atoms with Crippen LogP contribution in [0.4, 0.5) is 0 Å². The SMILES string of the molecule is COc1cc(OC)cc([C@H](C2CCC2)N2CCNCC2)c1. The molecule has 21 heavy (non-hydrogen) atoms. The van der Waals surface area contributed by atoms with Gasteiger partial charge in [0.2, 0.25) is 0 Å². The third kappa shape index (κ3) is 3.16. The van der Waals surface area contributed by atoms with Crippen LogP contribution in [0.5, 0.6) is 11.5 Å². The monoisotopic (exact) mass is 290 g/mol. The lowest BCUT2D eigenvalue weighted by molar-refractivity contribution is 0.0834. The minimum atomic E-state index is 0.504. The Hall–Kier alpha value is -1.26. The molecule has 3 rings (SSSR count). The summed E-state index contributed by atoms with van der Waals surface area (Å²) in [6, 6.07) is 6.84. The molecule has 116 valence electrons. The first-order valence-electron chi connectivity index (χ1n) is 7.99. The third-order valence-corrected chi connectivity index (χ3v) is 4.86. The van der Waals surface area contributed by atoms with E-state index in [2.05, 4.69) is 22.3 Å². The Kier molecular flexibility index (Phi) is 4.66. The van der Waals surface area contributed by atoms with Crippen molar-refractivity contribution in [2.45, 2.75) is 25.3 Å². The number of rotatable bonds is 5. The van der Waals surface area contributed by atoms with Crippen LogP contribution in [0.15, 0.2) is 18.2 Å². The van der Waals surface area contributed by atoms with E-state index in [-0.39, 0.29) is 0 Å². The highest BCUT2D eigenvalue weighted by atomic mass is 16.5. The molecule has 1 saturated carbocycles. The summed E-state index contributed by atoms with van der Waals surface area (Å²) in [7, 11) is 3.45. The third-order valence-electron chi connectivity index (χ3n) is 4.86. The van der Waals surface area contributed by atoms with Crippen molar-refractivity contribution >= 4 is 0 Å². The number of piperazine rings is 1. The van der Waals surface area contributed by atoms with Crippen LogP contribution in [0.1, 0.15) is 30.9 Å². The van der Waals surface area contributed by atoms with Gasteiger partial charge in [0.05, 0.1) is 14.2 Å². The molecule has 1 aromatic rings. The molecule has 1 aromatic carbocycles. The fraction of sp³-hybridized carbons (Fsp3) is 0.647. The van der Waals surface area contributed by atoms with Crippen molar-refractivity contribution in [2.24, 2.45) is 5.92 Å². The molecule has 1 heterocycles. The maximum absolute atomic E-state index is 5.46. The predicted octanol–water partition coefficient (Wildman–Crippen LogP) is 2.45. The van der Waals surface area contributed by atoms with Crippen LogP contribution in [-0.2, 0) is 0 Å². The molecular formula is C17H26N2O2. The molecule has 0 amide bonds. The quantitative estimate of drug-likeness (QED) is 0.903. The van der Waals surface area contributed by atoms with Gasteiger partial charge in [-0.25, -0.2) is 0 Å². The highest BCUT2D eigenvalue weighted by Gasteiger charge is 2.34. The van der Waals surface area contributed by atoms with Crippen molar-refractivity contribution in [3.63, 3.8) is 0 Å². The zero-order valence-corrected chi connectivity index (χ0v) is 13.1. The Bertz CT molecular complexity index is 446. The first kappa shape index (κ1) is 14.7. The molecule has 0 radical (unpaired) electrons. The van der Waals surface area contributed by atoms with Gasteiger partial charge in [-0.1, -0.05) is 6.42 Å². The smallest absolute Gasteiger partial charge is 0.122 e. The largest absolute Gasteiger partial charge is 0.497 e. The Morgan fingerprint density at radius 1 is 1.05 bits per heavy atom. The average Bonchev–Trinajstić information content (AvgIpc) is 2.50. The van der Waals surface area contributed by atoms with Gasteiger partial charge in [-0.3, -0.25) is 4.90 Å². The molecule has 1 N–H and O–H groups in total. The lowest BCUT2D eigenvalue weighted by Crippen LogP contribution is -2.47. The molecule has 2 aliphatic rings. The zero-order valence-electron chi connectivity index (χ0n) is 13.1. The number of nitrogens with zero attached hydrogens (tertiary/aromatic N) is 1. The van der Waals surface area contributed by atoms with E-state index < -0.39 is 0 Å². The van der Waals surface area contributed by atoms with Crippen LogP contribution in [0.3, 0.4) is 0 Å². The molecule has 0 spiro atoms. The van der Waals surface area contributed by atoms with Gasteiger partial charge >= 0.3 is 0 Å². The second kappa shape index (κ2) is 6.67. The van der Waals surface area contributed by atoms with Crippen molar-refractivity contribution in [3.8, 4) is 11.5 Å². The normalized spacial score (nSPS) is 21.6. The summed E-state index contributed by atoms with van der Waals surface area (Å²) in [6.45, 7) is 4.43. The van der Waals surface area contributed by atoms with Gasteiger partial charge in [0, 0.05) is 38.3 Å². The summed E-state index contributed by atoms with van der Waals surface area (Å²) < 4.78 is 10.9. The number of ether oxygens (including phenoxy) is 2. The van der Waals surface area contributed by atoms with E-state index in [1.165, 1.54) is 24.8 Å². The van der Waals surface area contributed by atoms with Crippen LogP contribution in [0.25, 0.3) is 0 Å². The van der Waals surface area contributed by atoms with Gasteiger partial charge in [0.15, 0.2) is 0 Å². The van der Waals surface area contributed by atoms with Gasteiger partial charge in [-0.2, -0.15) is 0 Å². The number of hydrogen-bond donors (Lipinski definition) is 1. The maximum Gasteiger partial charge on any atom is 0.122 e. The van der Waals surface area contributed by atoms with Crippen molar-refractivity contribution in [2.75, 3.05) is 40.4 Å². The Labute approximate surface area is 127 Å². The molecule has 1 saturated heterocycles. The molecule has 4 nitrogen and oxygen atoms in total. The van der Waals surface area contributed by atoms with Crippen molar-refractivity contribution in [3.05, 3.63) is 23.8 Å². The predicted molar refractivity (Wildman–Crippen MR) is 84.1 cm³/mol. The number of methoxy groups -OCH3 is 2. The molecule has 4 heteroatoms. The molecule has 0 aromatic heterocycles. The summed E-state index contributed by atoms with van der Waals surface area (Å²) in [5, 5.41) is 3.45. The summed E-state index contributed by atoms with van der Waals surface area (Å²) in [5.74, 6) is 2.56. The minimum Gasteiger partial charge on any atom is -0.497 e. The lowest BCUT2D eigenvalue weighted by Gasteiger charge is -2.43. The zero-order chi connectivity index (χ0) is 14.7. The van der Waals surface area contributed by atoms with E-state index in [0.717, 1.165) is 43.6 Å². The Morgan fingerprint density at radius 3 is 2.14 bits per heavy atom. The highest BCUT2D eigenvalue weighted by molar-refractivity contribution is 5.40. The van der Waals surface area contributed by atoms with Gasteiger partial charge in [0.1, 0.15) is 11.5 Å². The fourth-order valence-corrected chi connectivity index (χ4v) is 3.50. The van der Waals surface area contributed by atoms with Gasteiger partial charge in [-0.15, -0.1) is 0 Å². The van der Waals surface area contributed by atoms with Crippen LogP contribution in [0, 0.1) is 5.92 Å². The minimum absolute atomic E-state index is 0.504. The van der Waals surface area contributed by atoms with E-state index in [9.17, 15) is 0 Å². The first-order chi connectivity index (χ1) is 10.3. The van der Waals surface area contributed by atoms with E-state index in [1.54, 1.807) is 14.2 Å². The van der Waals surface area contributed by atoms with Crippen LogP contribution in [0.2, 0.25) is 0 Å². The second-order valence-electron chi connectivity index (χ2n) is 6.07. The van der Waals surface area contributed by atoms with E-state index in [4.69, 9.17) is 9.47 Å². The van der Waals surface area contributed by atoms with Gasteiger partial charge in [0.25, 0.3) is 0 Å². The summed E-state index contributed by atoms with van der Waals surface area (Å²) >= 11 is 0. The number of hydrogen-bond acceptors (Lipinski definition) is 4. The molecule has 0 bridgehead atoms. The lowest BCUT2D eigenvalue weighted by atomic mass is 9.76. The molecule has 0 unspecified atom stereocenters. The highest BCUT2D eigenvalue weighted by Crippen LogP contribution is 2.43. The topological polar surface area (TPSA) is 33.7 Å². The second-order valence-corrected chi connectivity index (χ2v) is 6.07. The van der Waals surface area contributed by atoms with Crippen LogP contribution < -0.4 is 14.8 Å². The summed E-state index contributed by atoms with van der Waals surface area (Å²) in [5.41, 5.74) is 1.35. The standard InChI is InChI=1S/C17H26N2O2/c1-20-15-10-14(11-16(12-15)21-2)17(13-4-3-5-13)19-8-6-18-7-9-19/h10-13,17-18H,3-9H2,1-2H3/t17-/m0/s1. The van der Waals surface area contributed by atoms with E-state index >= 15 is 0 Å². The van der Waals surface area contributed by atoms with E-state index in [1.807, 2.05) is 6.07 Å². The Morgan fingerprint density at radius 2 is 1.67 bits per heavy atom. The number of benzene rings is 1. The average molecular weight is 290 g/mol. The maximum atomic E-state index is 5.46. The van der Waals surface area contributed by atoms with Gasteiger partial charge < -0.3 is 14.8 Å². The molecule has 1 atom stereocenters. The summed E-state index contributed by atoms with van der Waals surface area (Å²) in [6.07, 6.45) is 4.05. The fourth-order valence-electron chi connectivity index (χ4n) is 3.50. The van der Waals surface area contributed by atoms with Gasteiger partial charge in [-0.05, 0) is 36.5 Å². The summed E-state index contributed by atoms with van der Waals surface area (Å²) in [4.78, 5) is 2.63. The van der Waals surface area contributed by atoms with Crippen molar-refractivity contribution in [1.82, 2.24) is 10.2 Å². The molecule has 1 aliphatic carbocycles. The Balaban J connectivity index is 1.90. The van der Waals surface area contributed by atoms with Crippen molar-refractivity contribution in [1.29, 1.82) is 0 Å². The number of nitrogens with one attached hydrogen (secondary N) is 1. The van der Waals surface area contributed by atoms with Crippen molar-refractivity contribution < 1.29 is 9.47 Å². The first-order valence-corrected chi connectivity index (χ1v) is 7.99. The molecular weight excluding hydrogens is 264 g/mol. The van der Waals surface area contributed by atoms with Crippen LogP contribution in [-0.4, -0.2) is 45.3 Å².